The summed E-state index contributed by atoms with van der Waals surface area (Å²) < 4.78 is 11.1. The number of aromatic nitrogens is 1. The van der Waals surface area contributed by atoms with Gasteiger partial charge in [0.05, 0.1) is 17.0 Å². The van der Waals surface area contributed by atoms with E-state index < -0.39 is 4.92 Å². The Morgan fingerprint density at radius 2 is 1.94 bits per heavy atom. The van der Waals surface area contributed by atoms with E-state index in [0.29, 0.717) is 5.69 Å². The van der Waals surface area contributed by atoms with Crippen LogP contribution < -0.4 is 10.1 Å². The Labute approximate surface area is 194 Å². The number of piperidine rings is 1. The summed E-state index contributed by atoms with van der Waals surface area (Å²) in [6, 6.07) is 9.35. The standard InChI is InChI=1S/C23H24N4O7/c1-26-8-6-14(7-9-26)24-22(30)11-15-10-21(34-25-15)23-19(29)12-17(28)13-20(23)33-18-4-2-16(3-5-18)27(31)32/h2-5,10,12-14,28-29H,6-9,11H2,1H3,(H,24,30). The van der Waals surface area contributed by atoms with E-state index in [2.05, 4.69) is 15.4 Å². The first-order valence-electron chi connectivity index (χ1n) is 10.7. The van der Waals surface area contributed by atoms with Crippen molar-refractivity contribution in [3.8, 4) is 34.3 Å². The highest BCUT2D eigenvalue weighted by Crippen LogP contribution is 2.43. The highest BCUT2D eigenvalue weighted by Gasteiger charge is 2.22. The van der Waals surface area contributed by atoms with Gasteiger partial charge in [0.25, 0.3) is 5.69 Å². The van der Waals surface area contributed by atoms with Crippen molar-refractivity contribution in [2.75, 3.05) is 20.1 Å². The van der Waals surface area contributed by atoms with Crippen molar-refractivity contribution < 1.29 is 29.2 Å². The number of hydrogen-bond acceptors (Lipinski definition) is 9. The molecule has 2 aromatic carbocycles. The number of nitrogens with one attached hydrogen (secondary N) is 1. The monoisotopic (exact) mass is 468 g/mol. The van der Waals surface area contributed by atoms with Crippen LogP contribution in [-0.4, -0.2) is 57.3 Å². The second-order valence-electron chi connectivity index (χ2n) is 8.20. The van der Waals surface area contributed by atoms with Crippen molar-refractivity contribution in [2.24, 2.45) is 0 Å². The SMILES string of the molecule is CN1CCC(NC(=O)Cc2cc(-c3c(O)cc(O)cc3Oc3ccc([N+](=O)[O-])cc3)on2)CC1. The van der Waals surface area contributed by atoms with Gasteiger partial charge in [-0.25, -0.2) is 0 Å². The molecule has 1 amide bonds. The number of phenols is 2. The van der Waals surface area contributed by atoms with Crippen LogP contribution in [0.3, 0.4) is 0 Å². The minimum absolute atomic E-state index is 0.00717. The maximum atomic E-state index is 12.4. The second kappa shape index (κ2) is 9.79. The molecule has 1 saturated heterocycles. The van der Waals surface area contributed by atoms with Gasteiger partial charge in [-0.3, -0.25) is 14.9 Å². The van der Waals surface area contributed by atoms with E-state index in [4.69, 9.17) is 9.26 Å². The third-order valence-electron chi connectivity index (χ3n) is 5.57. The molecule has 1 aliphatic heterocycles. The Bertz CT molecular complexity index is 1180. The van der Waals surface area contributed by atoms with Crippen molar-refractivity contribution in [3.05, 3.63) is 58.3 Å². The third kappa shape index (κ3) is 5.44. The topological polar surface area (TPSA) is 151 Å². The molecule has 1 fully saturated rings. The molecule has 0 saturated carbocycles. The van der Waals surface area contributed by atoms with E-state index in [1.54, 1.807) is 0 Å². The molecule has 178 valence electrons. The fourth-order valence-corrected chi connectivity index (χ4v) is 3.79. The number of hydrogen-bond donors (Lipinski definition) is 3. The molecule has 1 aromatic heterocycles. The fourth-order valence-electron chi connectivity index (χ4n) is 3.79. The lowest BCUT2D eigenvalue weighted by atomic mass is 10.1. The number of nitro benzene ring substituents is 1. The minimum Gasteiger partial charge on any atom is -0.508 e. The summed E-state index contributed by atoms with van der Waals surface area (Å²) in [4.78, 5) is 25.0. The summed E-state index contributed by atoms with van der Waals surface area (Å²) in [7, 11) is 2.05. The van der Waals surface area contributed by atoms with Gasteiger partial charge in [0.15, 0.2) is 5.76 Å². The van der Waals surface area contributed by atoms with Crippen LogP contribution >= 0.6 is 0 Å². The van der Waals surface area contributed by atoms with Gasteiger partial charge in [-0.2, -0.15) is 0 Å². The number of non-ortho nitro benzene ring substituents is 1. The zero-order valence-corrected chi connectivity index (χ0v) is 18.4. The van der Waals surface area contributed by atoms with Crippen LogP contribution in [0.15, 0.2) is 47.0 Å². The average molecular weight is 468 g/mol. The van der Waals surface area contributed by atoms with E-state index in [1.807, 2.05) is 7.05 Å². The Balaban J connectivity index is 1.50. The summed E-state index contributed by atoms with van der Waals surface area (Å²) in [5.41, 5.74) is 0.379. The quantitative estimate of drug-likeness (QED) is 0.351. The van der Waals surface area contributed by atoms with Crippen LogP contribution in [0.5, 0.6) is 23.0 Å². The largest absolute Gasteiger partial charge is 0.508 e. The average Bonchev–Trinajstić information content (AvgIpc) is 3.23. The molecule has 0 spiro atoms. The van der Waals surface area contributed by atoms with Gasteiger partial charge in [-0.1, -0.05) is 5.16 Å². The predicted molar refractivity (Wildman–Crippen MR) is 121 cm³/mol. The van der Waals surface area contributed by atoms with Crippen LogP contribution in [0.25, 0.3) is 11.3 Å². The fraction of sp³-hybridized carbons (Fsp3) is 0.304. The molecular formula is C23H24N4O7. The molecule has 4 rings (SSSR count). The van der Waals surface area contributed by atoms with Gasteiger partial charge in [-0.15, -0.1) is 0 Å². The van der Waals surface area contributed by atoms with Crippen molar-refractivity contribution in [1.29, 1.82) is 0 Å². The zero-order valence-electron chi connectivity index (χ0n) is 18.4. The maximum absolute atomic E-state index is 12.4. The first-order valence-corrected chi connectivity index (χ1v) is 10.7. The number of ether oxygens (including phenoxy) is 1. The summed E-state index contributed by atoms with van der Waals surface area (Å²) in [5.74, 6) is -0.326. The highest BCUT2D eigenvalue weighted by molar-refractivity contribution is 5.80. The lowest BCUT2D eigenvalue weighted by Crippen LogP contribution is -2.43. The van der Waals surface area contributed by atoms with Crippen molar-refractivity contribution in [1.82, 2.24) is 15.4 Å². The second-order valence-corrected chi connectivity index (χ2v) is 8.20. The number of nitro groups is 1. The van der Waals surface area contributed by atoms with Crippen LogP contribution in [0.1, 0.15) is 18.5 Å². The normalized spacial score (nSPS) is 14.6. The number of aromatic hydroxyl groups is 2. The number of rotatable bonds is 7. The molecule has 3 aromatic rings. The molecule has 11 heteroatoms. The summed E-state index contributed by atoms with van der Waals surface area (Å²) in [5, 5.41) is 38.2. The molecule has 0 bridgehead atoms. The Morgan fingerprint density at radius 3 is 2.62 bits per heavy atom. The molecule has 0 radical (unpaired) electrons. The predicted octanol–water partition coefficient (Wildman–Crippen LogP) is 3.21. The molecule has 0 aliphatic carbocycles. The first-order chi connectivity index (χ1) is 16.3. The number of likely N-dealkylation sites (tertiary alicyclic amines) is 1. The number of benzene rings is 2. The summed E-state index contributed by atoms with van der Waals surface area (Å²) >= 11 is 0. The van der Waals surface area contributed by atoms with Crippen LogP contribution in [0.4, 0.5) is 5.69 Å². The van der Waals surface area contributed by atoms with Gasteiger partial charge in [0.1, 0.15) is 28.6 Å². The van der Waals surface area contributed by atoms with Crippen molar-refractivity contribution in [3.63, 3.8) is 0 Å². The minimum atomic E-state index is -0.533. The number of carbonyl (C=O) groups is 1. The number of carbonyl (C=O) groups excluding carboxylic acids is 1. The highest BCUT2D eigenvalue weighted by atomic mass is 16.6. The molecule has 1 aliphatic rings. The van der Waals surface area contributed by atoms with E-state index >= 15 is 0 Å². The summed E-state index contributed by atoms with van der Waals surface area (Å²) in [6.45, 7) is 1.85. The first kappa shape index (κ1) is 23.1. The van der Waals surface area contributed by atoms with E-state index in [0.717, 1.165) is 32.0 Å². The molecular weight excluding hydrogens is 444 g/mol. The van der Waals surface area contributed by atoms with Gasteiger partial charge >= 0.3 is 0 Å². The Hall–Kier alpha value is -4.12. The van der Waals surface area contributed by atoms with Gasteiger partial charge in [0.2, 0.25) is 5.91 Å². The lowest BCUT2D eigenvalue weighted by Gasteiger charge is -2.29. The van der Waals surface area contributed by atoms with E-state index in [1.165, 1.54) is 36.4 Å². The van der Waals surface area contributed by atoms with Crippen LogP contribution in [-0.2, 0) is 11.2 Å². The van der Waals surface area contributed by atoms with Crippen LogP contribution in [0, 0.1) is 10.1 Å². The molecule has 3 N–H and O–H groups in total. The number of phenolic OH excluding ortho intramolecular Hbond substituents is 2. The van der Waals surface area contributed by atoms with Gasteiger partial charge in [0, 0.05) is 36.4 Å². The van der Waals surface area contributed by atoms with Crippen LogP contribution in [0.2, 0.25) is 0 Å². The van der Waals surface area contributed by atoms with Crippen molar-refractivity contribution >= 4 is 11.6 Å². The van der Waals surface area contributed by atoms with E-state index in [-0.39, 0.29) is 58.4 Å². The van der Waals surface area contributed by atoms with E-state index in [9.17, 15) is 25.1 Å². The number of amides is 1. The Morgan fingerprint density at radius 1 is 1.24 bits per heavy atom. The molecule has 0 atom stereocenters. The number of nitrogens with zero attached hydrogens (tertiary/aromatic N) is 3. The smallest absolute Gasteiger partial charge is 0.269 e. The third-order valence-corrected chi connectivity index (χ3v) is 5.57. The summed E-state index contributed by atoms with van der Waals surface area (Å²) in [6.07, 6.45) is 1.78. The van der Waals surface area contributed by atoms with Gasteiger partial charge < -0.3 is 29.7 Å². The molecule has 2 heterocycles. The Kier molecular flexibility index (Phi) is 6.64. The maximum Gasteiger partial charge on any atom is 0.269 e. The molecule has 0 unspecified atom stereocenters. The van der Waals surface area contributed by atoms with Gasteiger partial charge in [-0.05, 0) is 45.1 Å². The molecule has 11 nitrogen and oxygen atoms in total. The molecule has 34 heavy (non-hydrogen) atoms. The lowest BCUT2D eigenvalue weighted by molar-refractivity contribution is -0.384. The van der Waals surface area contributed by atoms with Crippen molar-refractivity contribution in [2.45, 2.75) is 25.3 Å². The zero-order chi connectivity index (χ0) is 24.2.